The van der Waals surface area contributed by atoms with Crippen molar-refractivity contribution in [3.63, 3.8) is 0 Å². The van der Waals surface area contributed by atoms with Crippen LogP contribution in [0, 0.1) is 11.3 Å². The van der Waals surface area contributed by atoms with Crippen LogP contribution in [0.4, 0.5) is 0 Å². The summed E-state index contributed by atoms with van der Waals surface area (Å²) in [7, 11) is 0. The smallest absolute Gasteiger partial charge is 0.110 e. The van der Waals surface area contributed by atoms with Crippen LogP contribution in [0.1, 0.15) is 43.0 Å². The number of nitriles is 1. The van der Waals surface area contributed by atoms with Gasteiger partial charge in [0.2, 0.25) is 0 Å². The highest BCUT2D eigenvalue weighted by atomic mass is 32.1. The van der Waals surface area contributed by atoms with Crippen LogP contribution in [0.2, 0.25) is 0 Å². The molecule has 18 heavy (non-hydrogen) atoms. The van der Waals surface area contributed by atoms with Gasteiger partial charge in [-0.3, -0.25) is 0 Å². The van der Waals surface area contributed by atoms with Gasteiger partial charge in [0.05, 0.1) is 0 Å². The lowest BCUT2D eigenvalue weighted by Gasteiger charge is -1.96. The second-order valence-corrected chi connectivity index (χ2v) is 6.40. The SMILES string of the molecule is CCCCCCc1csc(-c2ccc(C#N)s2)c1. The maximum Gasteiger partial charge on any atom is 0.110 e. The monoisotopic (exact) mass is 275 g/mol. The molecule has 3 heteroatoms. The first-order valence-corrected chi connectivity index (χ1v) is 8.11. The van der Waals surface area contributed by atoms with E-state index in [1.807, 2.05) is 6.07 Å². The van der Waals surface area contributed by atoms with E-state index in [1.165, 1.54) is 47.4 Å². The van der Waals surface area contributed by atoms with Crippen molar-refractivity contribution in [2.24, 2.45) is 0 Å². The van der Waals surface area contributed by atoms with Crippen molar-refractivity contribution in [2.75, 3.05) is 0 Å². The number of aryl methyl sites for hydroxylation is 1. The average Bonchev–Trinajstić information content (AvgIpc) is 3.03. The predicted molar refractivity (Wildman–Crippen MR) is 80.2 cm³/mol. The highest BCUT2D eigenvalue weighted by molar-refractivity contribution is 7.21. The molecule has 0 radical (unpaired) electrons. The van der Waals surface area contributed by atoms with E-state index in [0.29, 0.717) is 0 Å². The standard InChI is InChI=1S/C15H17NS2/c1-2-3-4-5-6-12-9-15(17-11-12)14-8-7-13(10-16)18-14/h7-9,11H,2-6H2,1H3. The molecule has 0 bridgehead atoms. The fourth-order valence-corrected chi connectivity index (χ4v) is 3.77. The van der Waals surface area contributed by atoms with E-state index in [2.05, 4.69) is 30.5 Å². The normalized spacial score (nSPS) is 10.4. The Kier molecular flexibility index (Phi) is 4.98. The van der Waals surface area contributed by atoms with Crippen molar-refractivity contribution in [3.8, 4) is 15.8 Å². The molecular weight excluding hydrogens is 258 g/mol. The van der Waals surface area contributed by atoms with Gasteiger partial charge in [-0.05, 0) is 42.0 Å². The minimum absolute atomic E-state index is 0.794. The molecule has 0 saturated carbocycles. The summed E-state index contributed by atoms with van der Waals surface area (Å²) in [6, 6.07) is 8.43. The summed E-state index contributed by atoms with van der Waals surface area (Å²) in [6.07, 6.45) is 6.44. The van der Waals surface area contributed by atoms with Crippen LogP contribution in [0.5, 0.6) is 0 Å². The van der Waals surface area contributed by atoms with Crippen molar-refractivity contribution in [2.45, 2.75) is 39.0 Å². The zero-order chi connectivity index (χ0) is 12.8. The van der Waals surface area contributed by atoms with Crippen LogP contribution in [-0.4, -0.2) is 0 Å². The quantitative estimate of drug-likeness (QED) is 0.641. The summed E-state index contributed by atoms with van der Waals surface area (Å²) in [5.74, 6) is 0. The topological polar surface area (TPSA) is 23.8 Å². The van der Waals surface area contributed by atoms with Gasteiger partial charge in [-0.2, -0.15) is 5.26 Å². The van der Waals surface area contributed by atoms with Gasteiger partial charge in [0.25, 0.3) is 0 Å². The molecule has 2 aromatic heterocycles. The molecular formula is C15H17NS2. The number of thiophene rings is 2. The largest absolute Gasteiger partial charge is 0.192 e. The molecule has 0 N–H and O–H groups in total. The molecule has 0 aliphatic rings. The van der Waals surface area contributed by atoms with Gasteiger partial charge < -0.3 is 0 Å². The summed E-state index contributed by atoms with van der Waals surface area (Å²) in [4.78, 5) is 3.31. The van der Waals surface area contributed by atoms with Crippen LogP contribution in [0.25, 0.3) is 9.75 Å². The first-order chi connectivity index (χ1) is 8.83. The van der Waals surface area contributed by atoms with E-state index in [-0.39, 0.29) is 0 Å². The summed E-state index contributed by atoms with van der Waals surface area (Å²) < 4.78 is 0. The third-order valence-corrected chi connectivity index (χ3v) is 5.10. The van der Waals surface area contributed by atoms with E-state index >= 15 is 0 Å². The second-order valence-electron chi connectivity index (χ2n) is 4.41. The Hall–Kier alpha value is -1.11. The van der Waals surface area contributed by atoms with Gasteiger partial charge in [-0.15, -0.1) is 22.7 Å². The molecule has 1 nitrogen and oxygen atoms in total. The number of hydrogen-bond acceptors (Lipinski definition) is 3. The first-order valence-electron chi connectivity index (χ1n) is 6.41. The molecule has 0 atom stereocenters. The van der Waals surface area contributed by atoms with Crippen LogP contribution < -0.4 is 0 Å². The Bertz CT molecular complexity index is 531. The minimum atomic E-state index is 0.794. The van der Waals surface area contributed by atoms with E-state index < -0.39 is 0 Å². The third-order valence-electron chi connectivity index (χ3n) is 2.93. The summed E-state index contributed by atoms with van der Waals surface area (Å²) >= 11 is 3.37. The van der Waals surface area contributed by atoms with Crippen LogP contribution in [-0.2, 0) is 6.42 Å². The van der Waals surface area contributed by atoms with Gasteiger partial charge in [-0.25, -0.2) is 0 Å². The molecule has 0 amide bonds. The van der Waals surface area contributed by atoms with Gasteiger partial charge in [0, 0.05) is 9.75 Å². The zero-order valence-electron chi connectivity index (χ0n) is 10.6. The fourth-order valence-electron chi connectivity index (χ4n) is 1.92. The molecule has 0 unspecified atom stereocenters. The predicted octanol–water partition coefficient (Wildman–Crippen LogP) is 5.47. The highest BCUT2D eigenvalue weighted by Gasteiger charge is 2.05. The Morgan fingerprint density at radius 2 is 2.06 bits per heavy atom. The van der Waals surface area contributed by atoms with E-state index in [9.17, 15) is 0 Å². The van der Waals surface area contributed by atoms with Gasteiger partial charge >= 0.3 is 0 Å². The molecule has 2 rings (SSSR count). The maximum absolute atomic E-state index is 8.83. The zero-order valence-corrected chi connectivity index (χ0v) is 12.2. The van der Waals surface area contributed by atoms with Crippen molar-refractivity contribution >= 4 is 22.7 Å². The van der Waals surface area contributed by atoms with Crippen molar-refractivity contribution in [1.82, 2.24) is 0 Å². The Morgan fingerprint density at radius 3 is 2.78 bits per heavy atom. The van der Waals surface area contributed by atoms with Crippen LogP contribution in [0.15, 0.2) is 23.6 Å². The van der Waals surface area contributed by atoms with Crippen LogP contribution >= 0.6 is 22.7 Å². The number of rotatable bonds is 6. The maximum atomic E-state index is 8.83. The average molecular weight is 275 g/mol. The lowest BCUT2D eigenvalue weighted by Crippen LogP contribution is -1.81. The third kappa shape index (κ3) is 3.44. The van der Waals surface area contributed by atoms with Gasteiger partial charge in [-0.1, -0.05) is 26.2 Å². The summed E-state index contributed by atoms with van der Waals surface area (Å²) in [6.45, 7) is 2.24. The summed E-state index contributed by atoms with van der Waals surface area (Å²) in [5.41, 5.74) is 1.44. The van der Waals surface area contributed by atoms with Crippen molar-refractivity contribution in [1.29, 1.82) is 5.26 Å². The van der Waals surface area contributed by atoms with E-state index in [1.54, 1.807) is 22.7 Å². The van der Waals surface area contributed by atoms with E-state index in [4.69, 9.17) is 5.26 Å². The molecule has 0 aliphatic carbocycles. The van der Waals surface area contributed by atoms with Crippen molar-refractivity contribution < 1.29 is 0 Å². The van der Waals surface area contributed by atoms with Crippen molar-refractivity contribution in [3.05, 3.63) is 34.0 Å². The number of hydrogen-bond donors (Lipinski definition) is 0. The second kappa shape index (κ2) is 6.72. The molecule has 2 aromatic rings. The molecule has 2 heterocycles. The molecule has 0 fully saturated rings. The molecule has 94 valence electrons. The Morgan fingerprint density at radius 1 is 1.17 bits per heavy atom. The molecule has 0 aromatic carbocycles. The lowest BCUT2D eigenvalue weighted by molar-refractivity contribution is 0.667. The number of nitrogens with zero attached hydrogens (tertiary/aromatic N) is 1. The van der Waals surface area contributed by atoms with Crippen LogP contribution in [0.3, 0.4) is 0 Å². The molecule has 0 spiro atoms. The minimum Gasteiger partial charge on any atom is -0.192 e. The Balaban J connectivity index is 1.95. The van der Waals surface area contributed by atoms with E-state index in [0.717, 1.165) is 4.88 Å². The Labute approximate surface area is 117 Å². The number of unbranched alkanes of at least 4 members (excludes halogenated alkanes) is 3. The summed E-state index contributed by atoms with van der Waals surface area (Å²) in [5, 5.41) is 11.1. The fraction of sp³-hybridized carbons (Fsp3) is 0.400. The lowest BCUT2D eigenvalue weighted by atomic mass is 10.1. The van der Waals surface area contributed by atoms with Gasteiger partial charge in [0.1, 0.15) is 10.9 Å². The molecule has 0 aliphatic heterocycles. The first kappa shape index (κ1) is 13.3. The molecule has 0 saturated heterocycles. The highest BCUT2D eigenvalue weighted by Crippen LogP contribution is 2.33. The van der Waals surface area contributed by atoms with Gasteiger partial charge in [0.15, 0.2) is 0 Å².